The van der Waals surface area contributed by atoms with Gasteiger partial charge in [-0.2, -0.15) is 0 Å². The molecule has 2 heterocycles. The monoisotopic (exact) mass is 398 g/mol. The fourth-order valence-electron chi connectivity index (χ4n) is 2.73. The second kappa shape index (κ2) is 7.02. The van der Waals surface area contributed by atoms with Crippen LogP contribution in [0.3, 0.4) is 0 Å². The predicted molar refractivity (Wildman–Crippen MR) is 104 cm³/mol. The van der Waals surface area contributed by atoms with Crippen LogP contribution in [-0.4, -0.2) is 17.0 Å². The Balaban J connectivity index is 1.82. The first-order valence-electron chi connectivity index (χ1n) is 8.03. The summed E-state index contributed by atoms with van der Waals surface area (Å²) in [5.41, 5.74) is 2.44. The number of hydrogen-bond donors (Lipinski definition) is 0. The lowest BCUT2D eigenvalue weighted by Crippen LogP contribution is -2.07. The molecule has 2 aromatic carbocycles. The predicted octanol–water partition coefficient (Wildman–Crippen LogP) is 5.30. The number of hydrogen-bond acceptors (Lipinski definition) is 5. The van der Waals surface area contributed by atoms with Crippen LogP contribution in [-0.2, 0) is 9.53 Å². The zero-order valence-corrected chi connectivity index (χ0v) is 15.6. The number of halogens is 2. The summed E-state index contributed by atoms with van der Waals surface area (Å²) in [5, 5.41) is 4.76. The van der Waals surface area contributed by atoms with E-state index in [2.05, 4.69) is 10.1 Å². The molecule has 0 N–H and O–H groups in total. The number of cyclic esters (lactones) is 1. The third-order valence-corrected chi connectivity index (χ3v) is 4.62. The number of aryl methyl sites for hydroxylation is 1. The first-order chi connectivity index (χ1) is 13.0. The highest BCUT2D eigenvalue weighted by Gasteiger charge is 2.31. The summed E-state index contributed by atoms with van der Waals surface area (Å²) >= 11 is 12.6. The average Bonchev–Trinajstić information content (AvgIpc) is 3.19. The molecular formula is C20H12Cl2N2O3. The fourth-order valence-corrected chi connectivity index (χ4v) is 3.30. The largest absolute Gasteiger partial charge is 0.402 e. The van der Waals surface area contributed by atoms with Gasteiger partial charge in [0.15, 0.2) is 11.5 Å². The highest BCUT2D eigenvalue weighted by atomic mass is 35.5. The number of esters is 1. The van der Waals surface area contributed by atoms with Crippen LogP contribution in [0.1, 0.15) is 16.8 Å². The summed E-state index contributed by atoms with van der Waals surface area (Å²) in [7, 11) is 0. The summed E-state index contributed by atoms with van der Waals surface area (Å²) in [6.07, 6.45) is 1.65. The summed E-state index contributed by atoms with van der Waals surface area (Å²) in [6, 6.07) is 14.5. The Morgan fingerprint density at radius 1 is 0.963 bits per heavy atom. The van der Waals surface area contributed by atoms with Crippen molar-refractivity contribution < 1.29 is 14.1 Å². The molecule has 3 aromatic rings. The van der Waals surface area contributed by atoms with Crippen LogP contribution < -0.4 is 0 Å². The molecular weight excluding hydrogens is 387 g/mol. The summed E-state index contributed by atoms with van der Waals surface area (Å²) in [5.74, 6) is -0.145. The molecule has 0 bridgehead atoms. The summed E-state index contributed by atoms with van der Waals surface area (Å²) in [6.45, 7) is 1.72. The third kappa shape index (κ3) is 3.27. The molecule has 7 heteroatoms. The van der Waals surface area contributed by atoms with E-state index in [1.54, 1.807) is 31.2 Å². The van der Waals surface area contributed by atoms with Gasteiger partial charge in [-0.3, -0.25) is 0 Å². The summed E-state index contributed by atoms with van der Waals surface area (Å²) < 4.78 is 10.8. The van der Waals surface area contributed by atoms with Crippen molar-refractivity contribution in [2.24, 2.45) is 4.99 Å². The van der Waals surface area contributed by atoms with Gasteiger partial charge in [-0.1, -0.05) is 64.8 Å². The van der Waals surface area contributed by atoms with Crippen molar-refractivity contribution in [1.82, 2.24) is 5.16 Å². The highest BCUT2D eigenvalue weighted by Crippen LogP contribution is 2.38. The SMILES string of the molecule is Cc1noc(-c2c(Cl)cccc2Cl)c1C1=N/C(=C/c2ccccc2)C(=O)O1. The zero-order chi connectivity index (χ0) is 19.0. The minimum absolute atomic E-state index is 0.104. The number of benzene rings is 2. The van der Waals surface area contributed by atoms with E-state index in [-0.39, 0.29) is 11.6 Å². The van der Waals surface area contributed by atoms with Gasteiger partial charge < -0.3 is 9.26 Å². The molecule has 1 aromatic heterocycles. The number of carbonyl (C=O) groups is 1. The van der Waals surface area contributed by atoms with Gasteiger partial charge in [0.25, 0.3) is 0 Å². The van der Waals surface area contributed by atoms with Crippen LogP contribution in [0.4, 0.5) is 0 Å². The van der Waals surface area contributed by atoms with E-state index in [0.29, 0.717) is 32.6 Å². The maximum Gasteiger partial charge on any atom is 0.363 e. The average molecular weight is 399 g/mol. The van der Waals surface area contributed by atoms with Gasteiger partial charge in [-0.15, -0.1) is 0 Å². The molecule has 0 unspecified atom stereocenters. The van der Waals surface area contributed by atoms with Crippen molar-refractivity contribution in [3.8, 4) is 11.3 Å². The van der Waals surface area contributed by atoms with Gasteiger partial charge in [0.2, 0.25) is 5.90 Å². The lowest BCUT2D eigenvalue weighted by molar-refractivity contribution is -0.129. The minimum Gasteiger partial charge on any atom is -0.402 e. The normalized spacial score (nSPS) is 15.1. The number of ether oxygens (including phenoxy) is 1. The Morgan fingerprint density at radius 3 is 2.37 bits per heavy atom. The van der Waals surface area contributed by atoms with E-state index in [9.17, 15) is 4.79 Å². The molecule has 0 fully saturated rings. The van der Waals surface area contributed by atoms with Crippen LogP contribution in [0.25, 0.3) is 17.4 Å². The van der Waals surface area contributed by atoms with E-state index in [0.717, 1.165) is 5.56 Å². The van der Waals surface area contributed by atoms with E-state index in [1.807, 2.05) is 30.3 Å². The standard InChI is InChI=1S/C20H12Cl2N2O3/c1-11-16(18(27-24-11)17-13(21)8-5-9-14(17)22)19-23-15(20(25)26-19)10-12-6-3-2-4-7-12/h2-10H,1H3/b15-10+. The maximum absolute atomic E-state index is 12.3. The van der Waals surface area contributed by atoms with Crippen LogP contribution in [0.2, 0.25) is 10.0 Å². The molecule has 0 saturated carbocycles. The molecule has 134 valence electrons. The van der Waals surface area contributed by atoms with Gasteiger partial charge in [0.1, 0.15) is 5.56 Å². The molecule has 1 aliphatic rings. The molecule has 0 saturated heterocycles. The second-order valence-electron chi connectivity index (χ2n) is 5.82. The first-order valence-corrected chi connectivity index (χ1v) is 8.79. The van der Waals surface area contributed by atoms with Gasteiger partial charge in [-0.25, -0.2) is 9.79 Å². The molecule has 0 atom stereocenters. The minimum atomic E-state index is -0.550. The second-order valence-corrected chi connectivity index (χ2v) is 6.63. The third-order valence-electron chi connectivity index (χ3n) is 3.99. The Bertz CT molecular complexity index is 1080. The molecule has 0 aliphatic carbocycles. The summed E-state index contributed by atoms with van der Waals surface area (Å²) in [4.78, 5) is 16.6. The van der Waals surface area contributed by atoms with E-state index in [1.165, 1.54) is 0 Å². The molecule has 4 rings (SSSR count). The van der Waals surface area contributed by atoms with Crippen LogP contribution in [0, 0.1) is 6.92 Å². The van der Waals surface area contributed by atoms with Crippen molar-refractivity contribution in [2.45, 2.75) is 6.92 Å². The van der Waals surface area contributed by atoms with Gasteiger partial charge in [0, 0.05) is 0 Å². The number of aromatic nitrogens is 1. The Labute approximate surface area is 164 Å². The fraction of sp³-hybridized carbons (Fsp3) is 0.0500. The lowest BCUT2D eigenvalue weighted by Gasteiger charge is -2.05. The van der Waals surface area contributed by atoms with Gasteiger partial charge in [-0.05, 0) is 30.7 Å². The molecule has 0 amide bonds. The van der Waals surface area contributed by atoms with Crippen LogP contribution >= 0.6 is 23.2 Å². The lowest BCUT2D eigenvalue weighted by atomic mass is 10.1. The van der Waals surface area contributed by atoms with Gasteiger partial charge in [0.05, 0.1) is 21.3 Å². The molecule has 5 nitrogen and oxygen atoms in total. The number of rotatable bonds is 3. The topological polar surface area (TPSA) is 64.7 Å². The van der Waals surface area contributed by atoms with Crippen molar-refractivity contribution >= 4 is 41.1 Å². The van der Waals surface area contributed by atoms with Crippen LogP contribution in [0.5, 0.6) is 0 Å². The van der Waals surface area contributed by atoms with Crippen molar-refractivity contribution in [3.05, 3.63) is 81.1 Å². The van der Waals surface area contributed by atoms with Gasteiger partial charge >= 0.3 is 5.97 Å². The smallest absolute Gasteiger partial charge is 0.363 e. The van der Waals surface area contributed by atoms with Crippen molar-refractivity contribution in [1.29, 1.82) is 0 Å². The van der Waals surface area contributed by atoms with Crippen molar-refractivity contribution in [3.63, 3.8) is 0 Å². The number of aliphatic imine (C=N–C) groups is 1. The van der Waals surface area contributed by atoms with E-state index >= 15 is 0 Å². The Hall–Kier alpha value is -2.89. The number of carbonyl (C=O) groups excluding carboxylic acids is 1. The Kier molecular flexibility index (Phi) is 4.56. The Morgan fingerprint density at radius 2 is 1.67 bits per heavy atom. The van der Waals surface area contributed by atoms with E-state index < -0.39 is 5.97 Å². The maximum atomic E-state index is 12.3. The van der Waals surface area contributed by atoms with Crippen LogP contribution in [0.15, 0.2) is 63.7 Å². The van der Waals surface area contributed by atoms with Crippen molar-refractivity contribution in [2.75, 3.05) is 0 Å². The molecule has 0 spiro atoms. The first kappa shape index (κ1) is 17.5. The molecule has 27 heavy (non-hydrogen) atoms. The molecule has 0 radical (unpaired) electrons. The zero-order valence-electron chi connectivity index (χ0n) is 14.1. The number of nitrogens with zero attached hydrogens (tertiary/aromatic N) is 2. The quantitative estimate of drug-likeness (QED) is 0.443. The molecule has 1 aliphatic heterocycles. The highest BCUT2D eigenvalue weighted by molar-refractivity contribution is 6.39. The van der Waals surface area contributed by atoms with E-state index in [4.69, 9.17) is 32.5 Å².